The summed E-state index contributed by atoms with van der Waals surface area (Å²) in [6, 6.07) is 3.73. The summed E-state index contributed by atoms with van der Waals surface area (Å²) >= 11 is 0. The fourth-order valence-electron chi connectivity index (χ4n) is 2.03. The third-order valence-corrected chi connectivity index (χ3v) is 2.88. The Morgan fingerprint density at radius 1 is 1.40 bits per heavy atom. The zero-order chi connectivity index (χ0) is 14.6. The van der Waals surface area contributed by atoms with Crippen LogP contribution in [-0.4, -0.2) is 29.1 Å². The molecule has 0 amide bonds. The van der Waals surface area contributed by atoms with Crippen LogP contribution in [0.4, 0.5) is 13.2 Å². The lowest BCUT2D eigenvalue weighted by molar-refractivity contribution is -0.325. The largest absolute Gasteiger partial charge is 0.522 e. The maximum atomic E-state index is 12.0. The van der Waals surface area contributed by atoms with Crippen molar-refractivity contribution in [2.24, 2.45) is 0 Å². The lowest BCUT2D eigenvalue weighted by Gasteiger charge is -2.08. The first-order valence-electron chi connectivity index (χ1n) is 6.35. The van der Waals surface area contributed by atoms with Crippen LogP contribution in [0.15, 0.2) is 24.5 Å². The molecule has 2 heterocycles. The fourth-order valence-corrected chi connectivity index (χ4v) is 2.03. The van der Waals surface area contributed by atoms with Crippen molar-refractivity contribution in [2.75, 3.05) is 13.2 Å². The summed E-state index contributed by atoms with van der Waals surface area (Å²) in [7, 11) is 0. The number of aromatic nitrogens is 2. The molecule has 0 bridgehead atoms. The number of rotatable bonds is 6. The average molecular weight is 287 g/mol. The van der Waals surface area contributed by atoms with Crippen LogP contribution in [0.2, 0.25) is 0 Å². The zero-order valence-corrected chi connectivity index (χ0v) is 11.1. The number of ether oxygens (including phenoxy) is 1. The SMILES string of the molecule is CCNCc1cn(CCOC(F)(F)F)c2ncccc12. The van der Waals surface area contributed by atoms with E-state index in [-0.39, 0.29) is 6.54 Å². The van der Waals surface area contributed by atoms with E-state index in [0.717, 1.165) is 17.5 Å². The van der Waals surface area contributed by atoms with Gasteiger partial charge >= 0.3 is 6.36 Å². The molecule has 2 aromatic heterocycles. The Labute approximate surface area is 114 Å². The van der Waals surface area contributed by atoms with Crippen molar-refractivity contribution in [1.82, 2.24) is 14.9 Å². The quantitative estimate of drug-likeness (QED) is 0.888. The molecule has 110 valence electrons. The van der Waals surface area contributed by atoms with Crippen molar-refractivity contribution < 1.29 is 17.9 Å². The summed E-state index contributed by atoms with van der Waals surface area (Å²) < 4.78 is 41.5. The van der Waals surface area contributed by atoms with Gasteiger partial charge in [-0.2, -0.15) is 0 Å². The number of hydrogen-bond acceptors (Lipinski definition) is 3. The Kier molecular flexibility index (Phi) is 4.61. The van der Waals surface area contributed by atoms with Gasteiger partial charge in [-0.25, -0.2) is 4.98 Å². The van der Waals surface area contributed by atoms with E-state index in [1.807, 2.05) is 25.3 Å². The van der Waals surface area contributed by atoms with Gasteiger partial charge in [0.25, 0.3) is 0 Å². The fraction of sp³-hybridized carbons (Fsp3) is 0.462. The molecule has 2 rings (SSSR count). The molecule has 0 saturated carbocycles. The summed E-state index contributed by atoms with van der Waals surface area (Å²) in [5.74, 6) is 0. The van der Waals surface area contributed by atoms with Crippen molar-refractivity contribution in [3.8, 4) is 0 Å². The van der Waals surface area contributed by atoms with E-state index in [9.17, 15) is 13.2 Å². The molecular formula is C13H16F3N3O. The van der Waals surface area contributed by atoms with E-state index >= 15 is 0 Å². The number of halogens is 3. The molecule has 0 aliphatic carbocycles. The standard InChI is InChI=1S/C13H16F3N3O/c1-2-17-8-10-9-19(6-7-20-13(14,15)16)12-11(10)4-3-5-18-12/h3-5,9,17H,2,6-8H2,1H3. The van der Waals surface area contributed by atoms with E-state index in [0.29, 0.717) is 12.2 Å². The van der Waals surface area contributed by atoms with Gasteiger partial charge < -0.3 is 9.88 Å². The van der Waals surface area contributed by atoms with Crippen LogP contribution < -0.4 is 5.32 Å². The smallest absolute Gasteiger partial charge is 0.330 e. The number of alkyl halides is 3. The summed E-state index contributed by atoms with van der Waals surface area (Å²) in [4.78, 5) is 4.22. The Balaban J connectivity index is 2.16. The minimum Gasteiger partial charge on any atom is -0.330 e. The molecule has 0 radical (unpaired) electrons. The second kappa shape index (κ2) is 6.23. The molecule has 0 fully saturated rings. The molecule has 7 heteroatoms. The summed E-state index contributed by atoms with van der Waals surface area (Å²) in [6.07, 6.45) is -1.15. The third-order valence-electron chi connectivity index (χ3n) is 2.88. The molecule has 0 saturated heterocycles. The first-order chi connectivity index (χ1) is 9.51. The van der Waals surface area contributed by atoms with Crippen LogP contribution in [-0.2, 0) is 17.8 Å². The molecule has 20 heavy (non-hydrogen) atoms. The highest BCUT2D eigenvalue weighted by Gasteiger charge is 2.28. The Morgan fingerprint density at radius 3 is 2.90 bits per heavy atom. The number of nitrogens with zero attached hydrogens (tertiary/aromatic N) is 2. The Bertz CT molecular complexity index is 565. The van der Waals surface area contributed by atoms with E-state index in [1.165, 1.54) is 0 Å². The molecule has 4 nitrogen and oxygen atoms in total. The highest BCUT2D eigenvalue weighted by Crippen LogP contribution is 2.20. The van der Waals surface area contributed by atoms with E-state index in [2.05, 4.69) is 15.0 Å². The Hall–Kier alpha value is -1.60. The second-order valence-electron chi connectivity index (χ2n) is 4.30. The molecule has 0 unspecified atom stereocenters. The van der Waals surface area contributed by atoms with Crippen LogP contribution >= 0.6 is 0 Å². The van der Waals surface area contributed by atoms with Gasteiger partial charge in [0.2, 0.25) is 0 Å². The van der Waals surface area contributed by atoms with E-state index in [4.69, 9.17) is 0 Å². The number of pyridine rings is 1. The summed E-state index contributed by atoms with van der Waals surface area (Å²) in [5, 5.41) is 4.14. The van der Waals surface area contributed by atoms with Gasteiger partial charge in [-0.1, -0.05) is 6.92 Å². The highest BCUT2D eigenvalue weighted by molar-refractivity contribution is 5.80. The number of nitrogens with one attached hydrogen (secondary N) is 1. The average Bonchev–Trinajstić information content (AvgIpc) is 2.74. The zero-order valence-electron chi connectivity index (χ0n) is 11.1. The van der Waals surface area contributed by atoms with Crippen LogP contribution in [0.5, 0.6) is 0 Å². The van der Waals surface area contributed by atoms with Gasteiger partial charge in [-0.3, -0.25) is 4.74 Å². The third kappa shape index (κ3) is 3.71. The van der Waals surface area contributed by atoms with Crippen LogP contribution in [0.3, 0.4) is 0 Å². The molecule has 0 aliphatic rings. The van der Waals surface area contributed by atoms with Crippen molar-refractivity contribution >= 4 is 11.0 Å². The van der Waals surface area contributed by atoms with Crippen molar-refractivity contribution in [2.45, 2.75) is 26.4 Å². The van der Waals surface area contributed by atoms with Gasteiger partial charge in [0, 0.05) is 30.9 Å². The van der Waals surface area contributed by atoms with Crippen LogP contribution in [0, 0.1) is 0 Å². The van der Waals surface area contributed by atoms with Gasteiger partial charge in [0.05, 0.1) is 6.61 Å². The van der Waals surface area contributed by atoms with Gasteiger partial charge in [-0.05, 0) is 24.2 Å². The summed E-state index contributed by atoms with van der Waals surface area (Å²) in [6.45, 7) is 3.16. The first-order valence-corrected chi connectivity index (χ1v) is 6.35. The molecular weight excluding hydrogens is 271 g/mol. The van der Waals surface area contributed by atoms with E-state index in [1.54, 1.807) is 10.8 Å². The van der Waals surface area contributed by atoms with Gasteiger partial charge in [-0.15, -0.1) is 13.2 Å². The topological polar surface area (TPSA) is 39.1 Å². The molecule has 0 aromatic carbocycles. The first kappa shape index (κ1) is 14.8. The molecule has 1 N–H and O–H groups in total. The maximum Gasteiger partial charge on any atom is 0.522 e. The number of fused-ring (bicyclic) bond motifs is 1. The lowest BCUT2D eigenvalue weighted by Crippen LogP contribution is -2.17. The summed E-state index contributed by atoms with van der Waals surface area (Å²) in [5.41, 5.74) is 1.69. The molecule has 2 aromatic rings. The molecule has 0 spiro atoms. The van der Waals surface area contributed by atoms with Crippen molar-refractivity contribution in [3.63, 3.8) is 0 Å². The van der Waals surface area contributed by atoms with Crippen molar-refractivity contribution in [1.29, 1.82) is 0 Å². The molecule has 0 atom stereocenters. The predicted molar refractivity (Wildman–Crippen MR) is 69.1 cm³/mol. The van der Waals surface area contributed by atoms with Crippen molar-refractivity contribution in [3.05, 3.63) is 30.1 Å². The Morgan fingerprint density at radius 2 is 2.20 bits per heavy atom. The minimum absolute atomic E-state index is 0.110. The van der Waals surface area contributed by atoms with Crippen LogP contribution in [0.1, 0.15) is 12.5 Å². The lowest BCUT2D eigenvalue weighted by atomic mass is 10.2. The highest BCUT2D eigenvalue weighted by atomic mass is 19.4. The van der Waals surface area contributed by atoms with Gasteiger partial charge in [0.1, 0.15) is 5.65 Å². The predicted octanol–water partition coefficient (Wildman–Crippen LogP) is 2.68. The normalized spacial score (nSPS) is 12.2. The maximum absolute atomic E-state index is 12.0. The number of hydrogen-bond donors (Lipinski definition) is 1. The monoisotopic (exact) mass is 287 g/mol. The van der Waals surface area contributed by atoms with E-state index < -0.39 is 13.0 Å². The molecule has 0 aliphatic heterocycles. The minimum atomic E-state index is -4.59. The van der Waals surface area contributed by atoms with Crippen LogP contribution in [0.25, 0.3) is 11.0 Å². The second-order valence-corrected chi connectivity index (χ2v) is 4.30. The van der Waals surface area contributed by atoms with Gasteiger partial charge in [0.15, 0.2) is 0 Å².